The van der Waals surface area contributed by atoms with Gasteiger partial charge in [0.05, 0.1) is 22.6 Å². The topological polar surface area (TPSA) is 46.9 Å². The number of amides is 1. The van der Waals surface area contributed by atoms with E-state index >= 15 is 0 Å². The molecule has 0 aliphatic rings. The fraction of sp³-hybridized carbons (Fsp3) is 0.333. The summed E-state index contributed by atoms with van der Waals surface area (Å²) in [4.78, 5) is 12.1. The zero-order chi connectivity index (χ0) is 14.7. The number of carbonyl (C=O) groups is 1. The van der Waals surface area contributed by atoms with E-state index in [9.17, 15) is 9.18 Å². The minimum atomic E-state index is -0.322. The molecule has 20 heavy (non-hydrogen) atoms. The molecule has 0 saturated carbocycles. The van der Waals surface area contributed by atoms with Crippen molar-refractivity contribution in [3.05, 3.63) is 47.0 Å². The predicted octanol–water partition coefficient (Wildman–Crippen LogP) is 2.63. The Bertz CT molecular complexity index is 634. The lowest BCUT2D eigenvalue weighted by Crippen LogP contribution is -2.24. The maximum absolute atomic E-state index is 13.4. The van der Waals surface area contributed by atoms with Gasteiger partial charge in [-0.05, 0) is 38.5 Å². The number of aromatic nitrogens is 2. The molecule has 106 valence electrons. The average Bonchev–Trinajstić information content (AvgIpc) is 2.75. The van der Waals surface area contributed by atoms with Crippen molar-refractivity contribution in [2.75, 3.05) is 6.54 Å². The average molecular weight is 275 g/mol. The quantitative estimate of drug-likeness (QED) is 0.932. The maximum atomic E-state index is 13.4. The van der Waals surface area contributed by atoms with E-state index in [0.717, 1.165) is 5.69 Å². The van der Waals surface area contributed by atoms with Crippen LogP contribution in [0.5, 0.6) is 0 Å². The van der Waals surface area contributed by atoms with Gasteiger partial charge in [0, 0.05) is 6.54 Å². The van der Waals surface area contributed by atoms with Crippen LogP contribution in [0, 0.1) is 12.7 Å². The third-order valence-electron chi connectivity index (χ3n) is 3.11. The fourth-order valence-electron chi connectivity index (χ4n) is 2.27. The molecular weight excluding hydrogens is 257 g/mol. The van der Waals surface area contributed by atoms with Crippen LogP contribution in [-0.2, 0) is 6.42 Å². The Balaban J connectivity index is 2.56. The number of nitrogens with one attached hydrogen (secondary N) is 1. The van der Waals surface area contributed by atoms with Gasteiger partial charge in [0.1, 0.15) is 5.82 Å². The minimum absolute atomic E-state index is 0.135. The van der Waals surface area contributed by atoms with Crippen LogP contribution in [0.1, 0.15) is 35.6 Å². The Kier molecular flexibility index (Phi) is 4.17. The van der Waals surface area contributed by atoms with Crippen LogP contribution in [0.4, 0.5) is 4.39 Å². The number of halogens is 1. The summed E-state index contributed by atoms with van der Waals surface area (Å²) < 4.78 is 15.0. The predicted molar refractivity (Wildman–Crippen MR) is 75.6 cm³/mol. The van der Waals surface area contributed by atoms with Crippen molar-refractivity contribution in [2.24, 2.45) is 0 Å². The summed E-state index contributed by atoms with van der Waals surface area (Å²) in [5, 5.41) is 7.17. The van der Waals surface area contributed by atoms with Crippen molar-refractivity contribution >= 4 is 5.91 Å². The van der Waals surface area contributed by atoms with Gasteiger partial charge in [-0.15, -0.1) is 0 Å². The second kappa shape index (κ2) is 5.86. The highest BCUT2D eigenvalue weighted by atomic mass is 19.1. The monoisotopic (exact) mass is 275 g/mol. The molecule has 0 aliphatic heterocycles. The van der Waals surface area contributed by atoms with Crippen LogP contribution >= 0.6 is 0 Å². The molecule has 0 fully saturated rings. The third kappa shape index (κ3) is 2.57. The van der Waals surface area contributed by atoms with E-state index in [0.29, 0.717) is 29.9 Å². The first kappa shape index (κ1) is 14.2. The second-order valence-electron chi connectivity index (χ2n) is 4.51. The summed E-state index contributed by atoms with van der Waals surface area (Å²) >= 11 is 0. The Morgan fingerprint density at radius 2 is 2.15 bits per heavy atom. The Morgan fingerprint density at radius 3 is 2.75 bits per heavy atom. The summed E-state index contributed by atoms with van der Waals surface area (Å²) in [5.74, 6) is -0.457. The molecule has 1 amide bonds. The molecule has 0 aliphatic carbocycles. The van der Waals surface area contributed by atoms with Gasteiger partial charge in [-0.1, -0.05) is 13.0 Å². The molecule has 2 rings (SSSR count). The maximum Gasteiger partial charge on any atom is 0.255 e. The number of benzene rings is 1. The smallest absolute Gasteiger partial charge is 0.255 e. The molecule has 0 radical (unpaired) electrons. The minimum Gasteiger partial charge on any atom is -0.352 e. The van der Waals surface area contributed by atoms with Crippen molar-refractivity contribution in [2.45, 2.75) is 27.2 Å². The molecule has 0 saturated heterocycles. The van der Waals surface area contributed by atoms with E-state index < -0.39 is 0 Å². The number of hydrogen-bond donors (Lipinski definition) is 1. The number of hydrogen-bond acceptors (Lipinski definition) is 2. The first-order valence-electron chi connectivity index (χ1n) is 6.71. The van der Waals surface area contributed by atoms with Crippen molar-refractivity contribution in [3.8, 4) is 5.69 Å². The Hall–Kier alpha value is -2.17. The molecule has 5 heteroatoms. The standard InChI is InChI=1S/C15H18FN3O/c1-4-13-14(15(20)17-5-2)10(3)18-19(13)12-8-6-7-11(16)9-12/h6-9H,4-5H2,1-3H3,(H,17,20). The van der Waals surface area contributed by atoms with Crippen molar-refractivity contribution in [3.63, 3.8) is 0 Å². The molecule has 0 unspecified atom stereocenters. The molecule has 0 spiro atoms. The van der Waals surface area contributed by atoms with Gasteiger partial charge < -0.3 is 5.32 Å². The molecule has 1 aromatic heterocycles. The SMILES string of the molecule is CCNC(=O)c1c(C)nn(-c2cccc(F)c2)c1CC. The molecule has 2 aromatic rings. The number of carbonyl (C=O) groups excluding carboxylic acids is 1. The summed E-state index contributed by atoms with van der Waals surface area (Å²) in [6.07, 6.45) is 0.643. The van der Waals surface area contributed by atoms with E-state index in [-0.39, 0.29) is 11.7 Å². The molecule has 0 bridgehead atoms. The van der Waals surface area contributed by atoms with E-state index in [1.807, 2.05) is 13.8 Å². The largest absolute Gasteiger partial charge is 0.352 e. The molecule has 4 nitrogen and oxygen atoms in total. The second-order valence-corrected chi connectivity index (χ2v) is 4.51. The van der Waals surface area contributed by atoms with Gasteiger partial charge in [-0.3, -0.25) is 4.79 Å². The lowest BCUT2D eigenvalue weighted by molar-refractivity contribution is 0.0954. The molecular formula is C15H18FN3O. The Morgan fingerprint density at radius 1 is 1.40 bits per heavy atom. The molecule has 0 atom stereocenters. The van der Waals surface area contributed by atoms with Crippen molar-refractivity contribution < 1.29 is 9.18 Å². The fourth-order valence-corrected chi connectivity index (χ4v) is 2.27. The van der Waals surface area contributed by atoms with Crippen LogP contribution in [0.15, 0.2) is 24.3 Å². The Labute approximate surface area is 117 Å². The van der Waals surface area contributed by atoms with Gasteiger partial charge in [-0.25, -0.2) is 9.07 Å². The van der Waals surface area contributed by atoms with Crippen molar-refractivity contribution in [1.82, 2.24) is 15.1 Å². The first-order valence-corrected chi connectivity index (χ1v) is 6.71. The molecule has 1 heterocycles. The molecule has 1 aromatic carbocycles. The number of nitrogens with zero attached hydrogens (tertiary/aromatic N) is 2. The van der Waals surface area contributed by atoms with E-state index in [1.54, 1.807) is 23.7 Å². The summed E-state index contributed by atoms with van der Waals surface area (Å²) in [7, 11) is 0. The van der Waals surface area contributed by atoms with Gasteiger partial charge in [0.25, 0.3) is 5.91 Å². The summed E-state index contributed by atoms with van der Waals surface area (Å²) in [6, 6.07) is 6.20. The summed E-state index contributed by atoms with van der Waals surface area (Å²) in [6.45, 7) is 6.18. The lowest BCUT2D eigenvalue weighted by atomic mass is 10.1. The zero-order valence-corrected chi connectivity index (χ0v) is 11.9. The van der Waals surface area contributed by atoms with E-state index in [4.69, 9.17) is 0 Å². The summed E-state index contributed by atoms with van der Waals surface area (Å²) in [5.41, 5.74) is 2.65. The van der Waals surface area contributed by atoms with Gasteiger partial charge in [0.2, 0.25) is 0 Å². The zero-order valence-electron chi connectivity index (χ0n) is 11.9. The number of aryl methyl sites for hydroxylation is 1. The lowest BCUT2D eigenvalue weighted by Gasteiger charge is -2.08. The van der Waals surface area contributed by atoms with Gasteiger partial charge in [-0.2, -0.15) is 5.10 Å². The van der Waals surface area contributed by atoms with Crippen LogP contribution in [-0.4, -0.2) is 22.2 Å². The van der Waals surface area contributed by atoms with Gasteiger partial charge in [0.15, 0.2) is 0 Å². The third-order valence-corrected chi connectivity index (χ3v) is 3.11. The highest BCUT2D eigenvalue weighted by Crippen LogP contribution is 2.20. The van der Waals surface area contributed by atoms with Gasteiger partial charge >= 0.3 is 0 Å². The first-order chi connectivity index (χ1) is 9.58. The van der Waals surface area contributed by atoms with Crippen LogP contribution < -0.4 is 5.32 Å². The van der Waals surface area contributed by atoms with E-state index in [2.05, 4.69) is 10.4 Å². The van der Waals surface area contributed by atoms with Crippen LogP contribution in [0.25, 0.3) is 5.69 Å². The van der Waals surface area contributed by atoms with Crippen LogP contribution in [0.3, 0.4) is 0 Å². The highest BCUT2D eigenvalue weighted by Gasteiger charge is 2.20. The normalized spacial score (nSPS) is 10.6. The highest BCUT2D eigenvalue weighted by molar-refractivity contribution is 5.96. The van der Waals surface area contributed by atoms with Crippen LogP contribution in [0.2, 0.25) is 0 Å². The molecule has 1 N–H and O–H groups in total. The van der Waals surface area contributed by atoms with Crippen molar-refractivity contribution in [1.29, 1.82) is 0 Å². The van der Waals surface area contributed by atoms with E-state index in [1.165, 1.54) is 12.1 Å². The number of rotatable bonds is 4.